The number of aromatic nitrogens is 2. The molecule has 0 aliphatic carbocycles. The van der Waals surface area contributed by atoms with Crippen LogP contribution in [0.15, 0.2) is 54.6 Å². The number of carbonyl (C=O) groups is 3. The van der Waals surface area contributed by atoms with E-state index >= 15 is 0 Å². The molecule has 0 saturated carbocycles. The quantitative estimate of drug-likeness (QED) is 0.542. The molecule has 1 aliphatic rings. The molecule has 1 aromatic heterocycles. The van der Waals surface area contributed by atoms with Crippen molar-refractivity contribution in [1.82, 2.24) is 9.78 Å². The van der Waals surface area contributed by atoms with Crippen LogP contribution in [-0.4, -0.2) is 47.8 Å². The van der Waals surface area contributed by atoms with Gasteiger partial charge in [-0.05, 0) is 38.1 Å². The third kappa shape index (κ3) is 4.63. The second-order valence-corrected chi connectivity index (χ2v) is 8.03. The second-order valence-electron chi connectivity index (χ2n) is 8.03. The molecule has 1 fully saturated rings. The zero-order chi connectivity index (χ0) is 24.2. The van der Waals surface area contributed by atoms with Gasteiger partial charge in [0, 0.05) is 13.0 Å². The molecule has 0 radical (unpaired) electrons. The number of hydrogen-bond acceptors (Lipinski definition) is 6. The van der Waals surface area contributed by atoms with Gasteiger partial charge in [-0.1, -0.05) is 30.3 Å². The largest absolute Gasteiger partial charge is 0.495 e. The number of esters is 1. The Hall–Kier alpha value is -4.14. The first-order valence-electron chi connectivity index (χ1n) is 10.9. The predicted octanol–water partition coefficient (Wildman–Crippen LogP) is 3.03. The molecule has 4 rings (SSSR count). The molecule has 34 heavy (non-hydrogen) atoms. The molecule has 1 unspecified atom stereocenters. The highest BCUT2D eigenvalue weighted by Crippen LogP contribution is 2.33. The fourth-order valence-corrected chi connectivity index (χ4v) is 4.03. The highest BCUT2D eigenvalue weighted by Gasteiger charge is 2.37. The molecule has 176 valence electrons. The maximum Gasteiger partial charge on any atom is 0.311 e. The first-order valence-corrected chi connectivity index (χ1v) is 10.9. The van der Waals surface area contributed by atoms with E-state index in [1.807, 2.05) is 37.3 Å². The van der Waals surface area contributed by atoms with Gasteiger partial charge in [0.05, 0.1) is 41.5 Å². The zero-order valence-electron chi connectivity index (χ0n) is 19.3. The van der Waals surface area contributed by atoms with E-state index < -0.39 is 24.4 Å². The summed E-state index contributed by atoms with van der Waals surface area (Å²) in [5, 5.41) is 7.27. The van der Waals surface area contributed by atoms with E-state index in [9.17, 15) is 14.4 Å². The fourth-order valence-electron chi connectivity index (χ4n) is 4.03. The molecule has 1 atom stereocenters. The van der Waals surface area contributed by atoms with Gasteiger partial charge < -0.3 is 19.7 Å². The summed E-state index contributed by atoms with van der Waals surface area (Å²) < 4.78 is 12.3. The minimum absolute atomic E-state index is 0.0144. The molecule has 0 bridgehead atoms. The van der Waals surface area contributed by atoms with Crippen LogP contribution in [0.4, 0.5) is 11.4 Å². The number of aryl methyl sites for hydroxylation is 1. The number of hydrogen-bond donors (Lipinski definition) is 1. The van der Waals surface area contributed by atoms with Gasteiger partial charge in [-0.25, -0.2) is 4.68 Å². The second kappa shape index (κ2) is 9.78. The van der Waals surface area contributed by atoms with Crippen LogP contribution in [0.3, 0.4) is 0 Å². The van der Waals surface area contributed by atoms with Crippen LogP contribution in [0.25, 0.3) is 5.69 Å². The third-order valence-electron chi connectivity index (χ3n) is 5.74. The zero-order valence-corrected chi connectivity index (χ0v) is 19.3. The number of nitrogens with one attached hydrogen (secondary N) is 1. The van der Waals surface area contributed by atoms with Crippen molar-refractivity contribution in [2.24, 2.45) is 5.92 Å². The molecule has 1 aliphatic heterocycles. The molecule has 1 N–H and O–H groups in total. The van der Waals surface area contributed by atoms with Gasteiger partial charge in [0.2, 0.25) is 5.91 Å². The minimum Gasteiger partial charge on any atom is -0.495 e. The fraction of sp³-hybridized carbons (Fsp3) is 0.280. The lowest BCUT2D eigenvalue weighted by Gasteiger charge is -2.19. The molecule has 2 aromatic carbocycles. The van der Waals surface area contributed by atoms with Crippen molar-refractivity contribution in [2.45, 2.75) is 20.3 Å². The maximum absolute atomic E-state index is 12.6. The number of carbonyl (C=O) groups excluding carboxylic acids is 3. The Morgan fingerprint density at radius 2 is 1.79 bits per heavy atom. The molecule has 9 nitrogen and oxygen atoms in total. The van der Waals surface area contributed by atoms with Crippen molar-refractivity contribution in [1.29, 1.82) is 0 Å². The monoisotopic (exact) mass is 462 g/mol. The van der Waals surface area contributed by atoms with Crippen molar-refractivity contribution in [3.05, 3.63) is 66.0 Å². The van der Waals surface area contributed by atoms with Crippen LogP contribution in [0.2, 0.25) is 0 Å². The molecule has 3 aromatic rings. The number of para-hydroxylation sites is 3. The Morgan fingerprint density at radius 3 is 2.53 bits per heavy atom. The Kier molecular flexibility index (Phi) is 6.62. The molecule has 0 spiro atoms. The summed E-state index contributed by atoms with van der Waals surface area (Å²) in [6, 6.07) is 16.7. The predicted molar refractivity (Wildman–Crippen MR) is 126 cm³/mol. The summed E-state index contributed by atoms with van der Waals surface area (Å²) in [6.07, 6.45) is 0.0144. The summed E-state index contributed by atoms with van der Waals surface area (Å²) in [5.41, 5.74) is 3.46. The summed E-state index contributed by atoms with van der Waals surface area (Å²) in [5.74, 6) is -1.37. The van der Waals surface area contributed by atoms with Crippen molar-refractivity contribution in [2.75, 3.05) is 30.5 Å². The smallest absolute Gasteiger partial charge is 0.311 e. The Bertz CT molecular complexity index is 1220. The Balaban J connectivity index is 1.36. The van der Waals surface area contributed by atoms with Gasteiger partial charge in [-0.2, -0.15) is 5.10 Å². The highest BCUT2D eigenvalue weighted by molar-refractivity contribution is 6.01. The lowest BCUT2D eigenvalue weighted by molar-refractivity contribution is -0.151. The standard InChI is InChI=1S/C25H26N4O5/c1-16-24(17(2)29(27-16)19-9-5-4-6-10-19)26-22(30)15-34-25(32)18-13-23(31)28(14-18)20-11-7-8-12-21(20)33-3/h4-12,18H,13-15H2,1-3H3,(H,26,30). The van der Waals surface area contributed by atoms with E-state index in [0.29, 0.717) is 22.8 Å². The molecule has 2 amide bonds. The number of benzene rings is 2. The summed E-state index contributed by atoms with van der Waals surface area (Å²) >= 11 is 0. The molecule has 9 heteroatoms. The van der Waals surface area contributed by atoms with Gasteiger partial charge in [0.1, 0.15) is 5.75 Å². The average Bonchev–Trinajstić information content (AvgIpc) is 3.37. The van der Waals surface area contributed by atoms with Crippen LogP contribution >= 0.6 is 0 Å². The maximum atomic E-state index is 12.6. The van der Waals surface area contributed by atoms with E-state index in [-0.39, 0.29) is 18.9 Å². The lowest BCUT2D eigenvalue weighted by Crippen LogP contribution is -2.28. The first-order chi connectivity index (χ1) is 16.4. The molecular formula is C25H26N4O5. The molecule has 1 saturated heterocycles. The van der Waals surface area contributed by atoms with Crippen LogP contribution in [0.5, 0.6) is 5.75 Å². The third-order valence-corrected chi connectivity index (χ3v) is 5.74. The summed E-state index contributed by atoms with van der Waals surface area (Å²) in [7, 11) is 1.52. The summed E-state index contributed by atoms with van der Waals surface area (Å²) in [6.45, 7) is 3.37. The molecule has 2 heterocycles. The van der Waals surface area contributed by atoms with Gasteiger partial charge in [-0.3, -0.25) is 14.4 Å². The van der Waals surface area contributed by atoms with Gasteiger partial charge >= 0.3 is 5.97 Å². The van der Waals surface area contributed by atoms with Crippen molar-refractivity contribution < 1.29 is 23.9 Å². The van der Waals surface area contributed by atoms with Crippen LogP contribution in [0, 0.1) is 19.8 Å². The van der Waals surface area contributed by atoms with E-state index in [4.69, 9.17) is 9.47 Å². The first kappa shape index (κ1) is 23.0. The topological polar surface area (TPSA) is 103 Å². The number of ether oxygens (including phenoxy) is 2. The lowest BCUT2D eigenvalue weighted by atomic mass is 10.1. The van der Waals surface area contributed by atoms with E-state index in [0.717, 1.165) is 11.4 Å². The van der Waals surface area contributed by atoms with E-state index in [2.05, 4.69) is 10.4 Å². The number of nitrogens with zero attached hydrogens (tertiary/aromatic N) is 3. The number of anilines is 2. The minimum atomic E-state index is -0.658. The van der Waals surface area contributed by atoms with Crippen molar-refractivity contribution >= 4 is 29.2 Å². The summed E-state index contributed by atoms with van der Waals surface area (Å²) in [4.78, 5) is 39.1. The normalized spacial score (nSPS) is 15.3. The van der Waals surface area contributed by atoms with E-state index in [1.54, 1.807) is 35.9 Å². The average molecular weight is 463 g/mol. The van der Waals surface area contributed by atoms with Crippen molar-refractivity contribution in [3.63, 3.8) is 0 Å². The van der Waals surface area contributed by atoms with Gasteiger partial charge in [-0.15, -0.1) is 0 Å². The Labute approximate surface area is 197 Å². The van der Waals surface area contributed by atoms with Crippen LogP contribution < -0.4 is 15.0 Å². The van der Waals surface area contributed by atoms with Crippen LogP contribution in [0.1, 0.15) is 17.8 Å². The van der Waals surface area contributed by atoms with Crippen LogP contribution in [-0.2, 0) is 19.1 Å². The van der Waals surface area contributed by atoms with Crippen molar-refractivity contribution in [3.8, 4) is 11.4 Å². The van der Waals surface area contributed by atoms with E-state index in [1.165, 1.54) is 12.0 Å². The number of rotatable bonds is 7. The van der Waals surface area contributed by atoms with Gasteiger partial charge in [0.25, 0.3) is 5.91 Å². The molecular weight excluding hydrogens is 436 g/mol. The number of amides is 2. The van der Waals surface area contributed by atoms with Gasteiger partial charge in [0.15, 0.2) is 6.61 Å². The number of methoxy groups -OCH3 is 1. The SMILES string of the molecule is COc1ccccc1N1CC(C(=O)OCC(=O)Nc2c(C)nn(-c3ccccc3)c2C)CC1=O. The Morgan fingerprint density at radius 1 is 1.09 bits per heavy atom. The highest BCUT2D eigenvalue weighted by atomic mass is 16.5.